The van der Waals surface area contributed by atoms with Crippen molar-refractivity contribution < 1.29 is 0 Å². The van der Waals surface area contributed by atoms with Crippen LogP contribution >= 0.6 is 12.2 Å². The van der Waals surface area contributed by atoms with Crippen molar-refractivity contribution in [3.63, 3.8) is 0 Å². The summed E-state index contributed by atoms with van der Waals surface area (Å²) in [6.07, 6.45) is 1.77. The van der Waals surface area contributed by atoms with Gasteiger partial charge < -0.3 is 0 Å². The van der Waals surface area contributed by atoms with Gasteiger partial charge in [-0.3, -0.25) is 14.6 Å². The van der Waals surface area contributed by atoms with E-state index in [-0.39, 0.29) is 0 Å². The van der Waals surface area contributed by atoms with Crippen LogP contribution in [0.15, 0.2) is 24.4 Å². The van der Waals surface area contributed by atoms with Crippen molar-refractivity contribution in [2.45, 2.75) is 27.3 Å². The Morgan fingerprint density at radius 1 is 1.33 bits per heavy atom. The molecule has 18 heavy (non-hydrogen) atoms. The number of aromatic amines is 1. The Balaban J connectivity index is 2.37. The quantitative estimate of drug-likeness (QED) is 0.860. The molecule has 0 saturated heterocycles. The smallest absolute Gasteiger partial charge is 0.195 e. The third kappa shape index (κ3) is 2.67. The summed E-state index contributed by atoms with van der Waals surface area (Å²) in [6.45, 7) is 7.52. The Morgan fingerprint density at radius 3 is 2.72 bits per heavy atom. The van der Waals surface area contributed by atoms with Crippen LogP contribution in [0.25, 0.3) is 11.5 Å². The maximum atomic E-state index is 5.29. The number of H-pyrrole nitrogens is 1. The molecule has 2 aromatic heterocycles. The molecule has 1 N–H and O–H groups in total. The highest BCUT2D eigenvalue weighted by atomic mass is 32.1. The van der Waals surface area contributed by atoms with Crippen LogP contribution < -0.4 is 0 Å². The van der Waals surface area contributed by atoms with Crippen LogP contribution in [0.3, 0.4) is 0 Å². The molecule has 4 nitrogen and oxygen atoms in total. The summed E-state index contributed by atoms with van der Waals surface area (Å²) >= 11 is 5.29. The zero-order valence-electron chi connectivity index (χ0n) is 10.9. The second kappa shape index (κ2) is 5.44. The van der Waals surface area contributed by atoms with Crippen LogP contribution in [0.5, 0.6) is 0 Å². The van der Waals surface area contributed by atoms with E-state index in [4.69, 9.17) is 12.2 Å². The molecule has 0 aliphatic rings. The number of pyridine rings is 1. The lowest BCUT2D eigenvalue weighted by Gasteiger charge is -2.16. The first kappa shape index (κ1) is 13.0. The van der Waals surface area contributed by atoms with E-state index >= 15 is 0 Å². The first-order chi connectivity index (χ1) is 8.59. The zero-order valence-corrected chi connectivity index (χ0v) is 11.7. The summed E-state index contributed by atoms with van der Waals surface area (Å²) in [7, 11) is 0. The summed E-state index contributed by atoms with van der Waals surface area (Å²) in [6, 6.07) is 5.80. The van der Waals surface area contributed by atoms with Gasteiger partial charge >= 0.3 is 0 Å². The second-order valence-corrected chi connectivity index (χ2v) is 5.29. The zero-order chi connectivity index (χ0) is 13.1. The molecule has 2 aromatic rings. The summed E-state index contributed by atoms with van der Waals surface area (Å²) in [5.41, 5.74) is 0.848. The van der Waals surface area contributed by atoms with E-state index < -0.39 is 0 Å². The summed E-state index contributed by atoms with van der Waals surface area (Å²) in [4.78, 5) is 4.33. The Bertz CT molecular complexity index is 556. The van der Waals surface area contributed by atoms with Crippen molar-refractivity contribution in [1.82, 2.24) is 19.7 Å². The first-order valence-electron chi connectivity index (χ1n) is 6.16. The Labute approximate surface area is 112 Å². The van der Waals surface area contributed by atoms with Crippen LogP contribution in [0.2, 0.25) is 0 Å². The van der Waals surface area contributed by atoms with Gasteiger partial charge in [0, 0.05) is 12.7 Å². The van der Waals surface area contributed by atoms with Crippen LogP contribution in [0.1, 0.15) is 20.8 Å². The number of rotatable bonds is 4. The van der Waals surface area contributed by atoms with E-state index in [0.717, 1.165) is 18.1 Å². The molecule has 2 heterocycles. The Morgan fingerprint density at radius 2 is 2.11 bits per heavy atom. The average molecular weight is 262 g/mol. The number of hydrogen-bond donors (Lipinski definition) is 1. The van der Waals surface area contributed by atoms with Crippen LogP contribution in [-0.4, -0.2) is 19.7 Å². The van der Waals surface area contributed by atoms with Crippen molar-refractivity contribution in [1.29, 1.82) is 0 Å². The molecule has 0 bridgehead atoms. The molecule has 96 valence electrons. The topological polar surface area (TPSA) is 46.5 Å². The fourth-order valence-corrected chi connectivity index (χ4v) is 1.88. The molecule has 5 heteroatoms. The largest absolute Gasteiger partial charge is 0.299 e. The van der Waals surface area contributed by atoms with Gasteiger partial charge in [0.2, 0.25) is 0 Å². The van der Waals surface area contributed by atoms with Gasteiger partial charge in [0.05, 0.1) is 0 Å². The summed E-state index contributed by atoms with van der Waals surface area (Å²) in [5.74, 6) is 1.96. The predicted molar refractivity (Wildman–Crippen MR) is 74.6 cm³/mol. The van der Waals surface area contributed by atoms with Crippen molar-refractivity contribution in [3.05, 3.63) is 29.2 Å². The minimum atomic E-state index is 0.539. The van der Waals surface area contributed by atoms with E-state index in [1.807, 2.05) is 22.8 Å². The van der Waals surface area contributed by atoms with Crippen LogP contribution in [0.4, 0.5) is 0 Å². The van der Waals surface area contributed by atoms with Gasteiger partial charge in [-0.15, -0.1) is 0 Å². The van der Waals surface area contributed by atoms with Gasteiger partial charge in [0.15, 0.2) is 10.6 Å². The Hall–Kier alpha value is -1.49. The highest BCUT2D eigenvalue weighted by Gasteiger charge is 2.14. The molecule has 0 radical (unpaired) electrons. The number of nitrogens with zero attached hydrogens (tertiary/aromatic N) is 3. The number of hydrogen-bond acceptors (Lipinski definition) is 3. The van der Waals surface area contributed by atoms with E-state index in [2.05, 4.69) is 36.0 Å². The van der Waals surface area contributed by atoms with Gasteiger partial charge in [-0.25, -0.2) is 0 Å². The van der Waals surface area contributed by atoms with Gasteiger partial charge in [0.25, 0.3) is 0 Å². The normalized spacial score (nSPS) is 12.9. The lowest BCUT2D eigenvalue weighted by atomic mass is 9.98. The standard InChI is InChI=1S/C13H18N4S/c1-9(2)10(3)8-17-12(15-16-13(17)18)11-6-4-5-7-14-11/h4-7,9-10H,8H2,1-3H3,(H,16,18). The highest BCUT2D eigenvalue weighted by molar-refractivity contribution is 7.71. The third-order valence-electron chi connectivity index (χ3n) is 3.26. The lowest BCUT2D eigenvalue weighted by molar-refractivity contribution is 0.364. The van der Waals surface area contributed by atoms with E-state index in [1.54, 1.807) is 6.20 Å². The second-order valence-electron chi connectivity index (χ2n) is 4.90. The van der Waals surface area contributed by atoms with Crippen molar-refractivity contribution in [3.8, 4) is 11.5 Å². The van der Waals surface area contributed by atoms with E-state index in [9.17, 15) is 0 Å². The van der Waals surface area contributed by atoms with E-state index in [0.29, 0.717) is 16.6 Å². The Kier molecular flexibility index (Phi) is 3.91. The van der Waals surface area contributed by atoms with Crippen molar-refractivity contribution >= 4 is 12.2 Å². The van der Waals surface area contributed by atoms with Gasteiger partial charge in [-0.2, -0.15) is 5.10 Å². The monoisotopic (exact) mass is 262 g/mol. The summed E-state index contributed by atoms with van der Waals surface area (Å²) in [5, 5.41) is 7.14. The highest BCUT2D eigenvalue weighted by Crippen LogP contribution is 2.18. The molecule has 2 rings (SSSR count). The maximum Gasteiger partial charge on any atom is 0.195 e. The van der Waals surface area contributed by atoms with E-state index in [1.165, 1.54) is 0 Å². The van der Waals surface area contributed by atoms with Crippen LogP contribution in [0, 0.1) is 16.6 Å². The lowest BCUT2D eigenvalue weighted by Crippen LogP contribution is -2.14. The molecule has 0 aromatic carbocycles. The van der Waals surface area contributed by atoms with Crippen LogP contribution in [-0.2, 0) is 6.54 Å². The van der Waals surface area contributed by atoms with Gasteiger partial charge in [-0.1, -0.05) is 26.8 Å². The van der Waals surface area contributed by atoms with Gasteiger partial charge in [0.1, 0.15) is 5.69 Å². The average Bonchev–Trinajstić information content (AvgIpc) is 2.72. The molecule has 0 amide bonds. The SMILES string of the molecule is CC(C)C(C)Cn1c(-c2ccccn2)n[nH]c1=S. The molecular weight excluding hydrogens is 244 g/mol. The number of aromatic nitrogens is 4. The number of nitrogens with one attached hydrogen (secondary N) is 1. The fraction of sp³-hybridized carbons (Fsp3) is 0.462. The van der Waals surface area contributed by atoms with Crippen molar-refractivity contribution in [2.24, 2.45) is 11.8 Å². The van der Waals surface area contributed by atoms with Crippen molar-refractivity contribution in [2.75, 3.05) is 0 Å². The molecular formula is C13H18N4S. The predicted octanol–water partition coefficient (Wildman–Crippen LogP) is 3.29. The first-order valence-corrected chi connectivity index (χ1v) is 6.57. The molecule has 1 unspecified atom stereocenters. The summed E-state index contributed by atoms with van der Waals surface area (Å²) < 4.78 is 2.69. The molecule has 0 aliphatic carbocycles. The minimum absolute atomic E-state index is 0.539. The minimum Gasteiger partial charge on any atom is -0.299 e. The molecule has 0 aliphatic heterocycles. The molecule has 1 atom stereocenters. The maximum absolute atomic E-state index is 5.29. The molecule has 0 fully saturated rings. The van der Waals surface area contributed by atoms with Gasteiger partial charge in [-0.05, 0) is 36.2 Å². The fourth-order valence-electron chi connectivity index (χ4n) is 1.68. The third-order valence-corrected chi connectivity index (χ3v) is 3.57. The molecule has 0 saturated carbocycles. The molecule has 0 spiro atoms.